The summed E-state index contributed by atoms with van der Waals surface area (Å²) in [7, 11) is 0. The lowest BCUT2D eigenvalue weighted by Gasteiger charge is -2.23. The van der Waals surface area contributed by atoms with Crippen molar-refractivity contribution in [1.29, 1.82) is 0 Å². The van der Waals surface area contributed by atoms with E-state index in [1.54, 1.807) is 0 Å². The summed E-state index contributed by atoms with van der Waals surface area (Å²) in [6, 6.07) is 7.60. The van der Waals surface area contributed by atoms with Gasteiger partial charge in [0, 0.05) is 19.0 Å². The first-order valence-corrected chi connectivity index (χ1v) is 11.1. The maximum absolute atomic E-state index is 14.0. The van der Waals surface area contributed by atoms with Gasteiger partial charge < -0.3 is 15.5 Å². The number of nitrogen functional groups attached to an aromatic ring is 1. The highest BCUT2D eigenvalue weighted by atomic mass is 19.4. The number of aryl methyl sites for hydroxylation is 1. The fourth-order valence-corrected chi connectivity index (χ4v) is 4.46. The number of carbonyl (C=O) groups is 1. The zero-order valence-corrected chi connectivity index (χ0v) is 19.4. The van der Waals surface area contributed by atoms with Crippen molar-refractivity contribution in [1.82, 2.24) is 19.4 Å². The van der Waals surface area contributed by atoms with Gasteiger partial charge in [-0.2, -0.15) is 22.0 Å². The molecule has 3 N–H and O–H groups in total. The number of carbonyl (C=O) groups excluding carboxylic acids is 1. The third kappa shape index (κ3) is 3.90. The molecule has 5 rings (SSSR count). The summed E-state index contributed by atoms with van der Waals surface area (Å²) in [4.78, 5) is 25.6. The molecule has 0 saturated carbocycles. The number of pyridine rings is 1. The van der Waals surface area contributed by atoms with Crippen LogP contribution in [0, 0.1) is 11.6 Å². The molecule has 38 heavy (non-hydrogen) atoms. The Labute approximate surface area is 209 Å². The number of anilines is 2. The molecule has 7 nitrogen and oxygen atoms in total. The molecule has 0 saturated heterocycles. The molecule has 1 atom stereocenters. The molecule has 0 aliphatic carbocycles. The van der Waals surface area contributed by atoms with Crippen molar-refractivity contribution in [2.24, 2.45) is 0 Å². The molecule has 4 heterocycles. The molecule has 14 heteroatoms. The molecule has 0 radical (unpaired) electrons. The van der Waals surface area contributed by atoms with E-state index in [1.165, 1.54) is 37.3 Å². The Bertz CT molecular complexity index is 1600. The lowest BCUT2D eigenvalue weighted by atomic mass is 9.78. The molecule has 1 aliphatic heterocycles. The highest BCUT2D eigenvalue weighted by Crippen LogP contribution is 2.45. The Balaban J connectivity index is 1.61. The van der Waals surface area contributed by atoms with Crippen LogP contribution in [0.1, 0.15) is 30.3 Å². The van der Waals surface area contributed by atoms with Crippen molar-refractivity contribution in [3.05, 3.63) is 71.2 Å². The summed E-state index contributed by atoms with van der Waals surface area (Å²) in [5, 5.41) is 2.57. The van der Waals surface area contributed by atoms with Gasteiger partial charge in [-0.1, -0.05) is 12.1 Å². The lowest BCUT2D eigenvalue weighted by molar-refractivity contribution is -0.284. The van der Waals surface area contributed by atoms with Crippen molar-refractivity contribution in [2.45, 2.75) is 37.3 Å². The predicted octanol–water partition coefficient (Wildman–Crippen LogP) is 5.04. The van der Waals surface area contributed by atoms with Crippen LogP contribution in [0.5, 0.6) is 0 Å². The molecule has 4 aromatic rings. The summed E-state index contributed by atoms with van der Waals surface area (Å²) in [5.41, 5.74) is 5.22. The molecule has 0 fully saturated rings. The Kier molecular flexibility index (Phi) is 5.62. The number of fused-ring (bicyclic) bond motifs is 2. The van der Waals surface area contributed by atoms with Crippen LogP contribution in [-0.2, 0) is 16.6 Å². The second kappa shape index (κ2) is 8.39. The van der Waals surface area contributed by atoms with Crippen molar-refractivity contribution in [3.8, 4) is 11.5 Å². The predicted molar refractivity (Wildman–Crippen MR) is 121 cm³/mol. The Morgan fingerprint density at radius 3 is 2.45 bits per heavy atom. The van der Waals surface area contributed by atoms with Gasteiger partial charge in [0.25, 0.3) is 0 Å². The number of rotatable bonds is 5. The molecule has 0 spiro atoms. The zero-order valence-electron chi connectivity index (χ0n) is 19.4. The molecule has 1 aromatic carbocycles. The average molecular weight is 538 g/mol. The van der Waals surface area contributed by atoms with E-state index in [-0.39, 0.29) is 45.6 Å². The highest BCUT2D eigenvalue weighted by molar-refractivity contribution is 6.09. The van der Waals surface area contributed by atoms with Gasteiger partial charge in [0.2, 0.25) is 5.91 Å². The smallest absolute Gasteiger partial charge is 0.383 e. The second-order valence-electron chi connectivity index (χ2n) is 8.93. The standard InChI is InChI=1S/C24H17F7N6O/c1-22(11-3-2-4-12(25)9-11)16-18(32)34-20(35-19(16)36-21(22)38)17-14-6-5-13(26)10-37(14)15(33-17)7-8-23(27,28)24(29,30)31/h2-6,9-10H,7-8H2,1H3,(H3,32,34,35,36,38). The van der Waals surface area contributed by atoms with Crippen LogP contribution in [0.4, 0.5) is 42.4 Å². The lowest BCUT2D eigenvalue weighted by Crippen LogP contribution is -2.36. The number of alkyl halides is 5. The van der Waals surface area contributed by atoms with Crippen molar-refractivity contribution in [3.63, 3.8) is 0 Å². The van der Waals surface area contributed by atoms with E-state index >= 15 is 0 Å². The summed E-state index contributed by atoms with van der Waals surface area (Å²) in [6.07, 6.45) is -7.36. The van der Waals surface area contributed by atoms with Crippen molar-refractivity contribution in [2.75, 3.05) is 11.1 Å². The number of amides is 1. The largest absolute Gasteiger partial charge is 0.453 e. The number of nitrogens with zero attached hydrogens (tertiary/aromatic N) is 4. The molecule has 3 aromatic heterocycles. The van der Waals surface area contributed by atoms with Gasteiger partial charge in [-0.3, -0.25) is 4.79 Å². The van der Waals surface area contributed by atoms with E-state index in [0.29, 0.717) is 0 Å². The maximum atomic E-state index is 14.0. The van der Waals surface area contributed by atoms with E-state index in [9.17, 15) is 35.5 Å². The normalized spacial score (nSPS) is 17.6. The summed E-state index contributed by atoms with van der Waals surface area (Å²) >= 11 is 0. The van der Waals surface area contributed by atoms with Crippen LogP contribution < -0.4 is 11.1 Å². The quantitative estimate of drug-likeness (QED) is 0.347. The van der Waals surface area contributed by atoms with Gasteiger partial charge in [0.15, 0.2) is 5.82 Å². The second-order valence-corrected chi connectivity index (χ2v) is 8.93. The van der Waals surface area contributed by atoms with Gasteiger partial charge in [-0.05, 0) is 36.8 Å². The van der Waals surface area contributed by atoms with Crippen molar-refractivity contribution >= 4 is 23.1 Å². The van der Waals surface area contributed by atoms with Crippen LogP contribution in [0.3, 0.4) is 0 Å². The number of halogens is 7. The summed E-state index contributed by atoms with van der Waals surface area (Å²) < 4.78 is 94.0. The monoisotopic (exact) mass is 538 g/mol. The minimum atomic E-state index is -5.77. The fourth-order valence-electron chi connectivity index (χ4n) is 4.46. The first-order valence-electron chi connectivity index (χ1n) is 11.1. The first kappa shape index (κ1) is 25.4. The van der Waals surface area contributed by atoms with Gasteiger partial charge in [0.1, 0.15) is 40.2 Å². The molecule has 198 valence electrons. The average Bonchev–Trinajstić information content (AvgIpc) is 3.31. The number of imidazole rings is 1. The van der Waals surface area contributed by atoms with Crippen LogP contribution >= 0.6 is 0 Å². The molecular weight excluding hydrogens is 521 g/mol. The molecule has 0 bridgehead atoms. The third-order valence-electron chi connectivity index (χ3n) is 6.49. The SMILES string of the molecule is CC1(c2cccc(F)c2)C(=O)Nc2nc(-c3nc(CCC(F)(F)C(F)(F)F)n4cc(F)ccc34)nc(N)c21. The maximum Gasteiger partial charge on any atom is 0.453 e. The van der Waals surface area contributed by atoms with E-state index in [2.05, 4.69) is 20.3 Å². The first-order chi connectivity index (χ1) is 17.7. The Morgan fingerprint density at radius 2 is 1.76 bits per heavy atom. The van der Waals surface area contributed by atoms with E-state index in [0.717, 1.165) is 16.7 Å². The number of hydrogen-bond donors (Lipinski definition) is 2. The zero-order chi connectivity index (χ0) is 27.6. The minimum Gasteiger partial charge on any atom is -0.383 e. The van der Waals surface area contributed by atoms with Crippen LogP contribution in [0.15, 0.2) is 42.6 Å². The molecular formula is C24H17F7N6O. The van der Waals surface area contributed by atoms with Gasteiger partial charge in [-0.15, -0.1) is 0 Å². The van der Waals surface area contributed by atoms with Gasteiger partial charge >= 0.3 is 12.1 Å². The number of aromatic nitrogens is 4. The highest BCUT2D eigenvalue weighted by Gasteiger charge is 2.56. The van der Waals surface area contributed by atoms with Crippen LogP contribution in [0.25, 0.3) is 17.0 Å². The Morgan fingerprint density at radius 1 is 1.03 bits per heavy atom. The fraction of sp³-hybridized carbons (Fsp3) is 0.250. The third-order valence-corrected chi connectivity index (χ3v) is 6.49. The van der Waals surface area contributed by atoms with Crippen LogP contribution in [0.2, 0.25) is 0 Å². The Hall–Kier alpha value is -4.23. The number of nitrogens with two attached hydrogens (primary N) is 1. The molecule has 1 unspecified atom stereocenters. The van der Waals surface area contributed by atoms with E-state index in [4.69, 9.17) is 5.73 Å². The van der Waals surface area contributed by atoms with Gasteiger partial charge in [0.05, 0.1) is 11.1 Å². The number of benzene rings is 1. The van der Waals surface area contributed by atoms with E-state index in [1.807, 2.05) is 0 Å². The van der Waals surface area contributed by atoms with Crippen LogP contribution in [-0.4, -0.2) is 37.4 Å². The van der Waals surface area contributed by atoms with Gasteiger partial charge in [-0.25, -0.2) is 23.7 Å². The summed E-state index contributed by atoms with van der Waals surface area (Å²) in [6.45, 7) is 1.51. The topological polar surface area (TPSA) is 98.2 Å². The van der Waals surface area contributed by atoms with E-state index < -0.39 is 47.9 Å². The molecule has 1 aliphatic rings. The minimum absolute atomic E-state index is 0.0160. The number of nitrogens with one attached hydrogen (secondary N) is 1. The number of hydrogen-bond acceptors (Lipinski definition) is 5. The summed E-state index contributed by atoms with van der Waals surface area (Å²) in [5.74, 6) is -7.62. The van der Waals surface area contributed by atoms with Crippen molar-refractivity contribution < 1.29 is 35.5 Å². The molecule has 1 amide bonds.